The van der Waals surface area contributed by atoms with Gasteiger partial charge in [-0.3, -0.25) is 4.79 Å². The molecule has 0 radical (unpaired) electrons. The summed E-state index contributed by atoms with van der Waals surface area (Å²) in [6.07, 6.45) is 2.02. The average Bonchev–Trinajstić information content (AvgIpc) is 2.60. The Morgan fingerprint density at radius 2 is 2.19 bits per heavy atom. The fourth-order valence-electron chi connectivity index (χ4n) is 1.37. The molecule has 2 N–H and O–H groups in total. The molecule has 1 amide bonds. The van der Waals surface area contributed by atoms with Gasteiger partial charge in [-0.2, -0.15) is 0 Å². The molecule has 16 heavy (non-hydrogen) atoms. The Labute approximate surface area is 100 Å². The summed E-state index contributed by atoms with van der Waals surface area (Å²) in [5.74, 6) is -0.00685. The van der Waals surface area contributed by atoms with Gasteiger partial charge in [0, 0.05) is 13.1 Å². The first-order valence-corrected chi connectivity index (χ1v) is 6.39. The van der Waals surface area contributed by atoms with Gasteiger partial charge in [0.25, 0.3) is 5.91 Å². The minimum Gasteiger partial charge on any atom is -0.350 e. The number of likely N-dealkylation sites (N-methyl/N-ethyl adjacent to an activating group) is 1. The fourth-order valence-corrected chi connectivity index (χ4v) is 2.45. The number of aryl methyl sites for hydroxylation is 2. The number of nitrogens with zero attached hydrogens (tertiary/aromatic N) is 1. The highest BCUT2D eigenvalue weighted by molar-refractivity contribution is 7.13. The number of hydrogen-bond acceptors (Lipinski definition) is 4. The van der Waals surface area contributed by atoms with Crippen LogP contribution in [0.5, 0.6) is 0 Å². The van der Waals surface area contributed by atoms with Crippen LogP contribution in [0.15, 0.2) is 0 Å². The lowest BCUT2D eigenvalue weighted by molar-refractivity contribution is 0.0957. The number of hydrogen-bond donors (Lipinski definition) is 2. The van der Waals surface area contributed by atoms with Gasteiger partial charge in [0.05, 0.1) is 10.7 Å². The van der Waals surface area contributed by atoms with Crippen LogP contribution >= 0.6 is 11.3 Å². The van der Waals surface area contributed by atoms with Crippen LogP contribution in [-0.2, 0) is 6.42 Å². The van der Waals surface area contributed by atoms with Crippen molar-refractivity contribution >= 4 is 17.2 Å². The molecule has 0 saturated heterocycles. The van der Waals surface area contributed by atoms with E-state index in [4.69, 9.17) is 0 Å². The number of thiazole rings is 1. The second kappa shape index (κ2) is 6.60. The molecule has 0 aliphatic rings. The SMILES string of the molecule is CCCc1nc(C)c(C(=O)NCCNC)s1. The lowest BCUT2D eigenvalue weighted by atomic mass is 10.3. The molecule has 1 aromatic heterocycles. The molecule has 1 aromatic rings. The lowest BCUT2D eigenvalue weighted by Gasteiger charge is -2.02. The fraction of sp³-hybridized carbons (Fsp3) is 0.636. The molecule has 1 heterocycles. The number of amides is 1. The van der Waals surface area contributed by atoms with E-state index in [2.05, 4.69) is 22.5 Å². The van der Waals surface area contributed by atoms with Gasteiger partial charge < -0.3 is 10.6 Å². The first-order chi connectivity index (χ1) is 7.69. The smallest absolute Gasteiger partial charge is 0.263 e. The largest absolute Gasteiger partial charge is 0.350 e. The van der Waals surface area contributed by atoms with E-state index in [0.29, 0.717) is 6.54 Å². The molecular formula is C11H19N3OS. The molecule has 0 atom stereocenters. The van der Waals surface area contributed by atoms with E-state index in [1.165, 1.54) is 11.3 Å². The van der Waals surface area contributed by atoms with Crippen LogP contribution in [0.25, 0.3) is 0 Å². The molecule has 0 fully saturated rings. The highest BCUT2D eigenvalue weighted by Gasteiger charge is 2.13. The molecular weight excluding hydrogens is 222 g/mol. The van der Waals surface area contributed by atoms with Crippen molar-refractivity contribution in [2.75, 3.05) is 20.1 Å². The Bertz CT molecular complexity index is 349. The molecule has 5 heteroatoms. The van der Waals surface area contributed by atoms with Crippen molar-refractivity contribution in [1.82, 2.24) is 15.6 Å². The Balaban J connectivity index is 2.60. The Morgan fingerprint density at radius 1 is 1.44 bits per heavy atom. The molecule has 0 saturated carbocycles. The van der Waals surface area contributed by atoms with E-state index in [0.717, 1.165) is 35.0 Å². The quantitative estimate of drug-likeness (QED) is 0.739. The number of rotatable bonds is 6. The minimum absolute atomic E-state index is 0.00685. The van der Waals surface area contributed by atoms with Crippen molar-refractivity contribution in [3.05, 3.63) is 15.6 Å². The van der Waals surface area contributed by atoms with E-state index in [-0.39, 0.29) is 5.91 Å². The van der Waals surface area contributed by atoms with Crippen LogP contribution in [0, 0.1) is 6.92 Å². The molecule has 0 aliphatic carbocycles. The summed E-state index contributed by atoms with van der Waals surface area (Å²) >= 11 is 1.51. The van der Waals surface area contributed by atoms with Crippen LogP contribution < -0.4 is 10.6 Å². The van der Waals surface area contributed by atoms with Crippen molar-refractivity contribution in [3.8, 4) is 0 Å². The number of carbonyl (C=O) groups excluding carboxylic acids is 1. The Morgan fingerprint density at radius 3 is 2.81 bits per heavy atom. The van der Waals surface area contributed by atoms with E-state index in [9.17, 15) is 4.79 Å². The topological polar surface area (TPSA) is 54.0 Å². The van der Waals surface area contributed by atoms with Crippen molar-refractivity contribution in [1.29, 1.82) is 0 Å². The minimum atomic E-state index is -0.00685. The zero-order chi connectivity index (χ0) is 12.0. The van der Waals surface area contributed by atoms with E-state index in [1.807, 2.05) is 14.0 Å². The van der Waals surface area contributed by atoms with Crippen LogP contribution in [0.3, 0.4) is 0 Å². The highest BCUT2D eigenvalue weighted by atomic mass is 32.1. The second-order valence-corrected chi connectivity index (χ2v) is 4.72. The molecule has 90 valence electrons. The molecule has 0 bridgehead atoms. The predicted molar refractivity (Wildman–Crippen MR) is 67.1 cm³/mol. The zero-order valence-electron chi connectivity index (χ0n) is 10.1. The average molecular weight is 241 g/mol. The van der Waals surface area contributed by atoms with Gasteiger partial charge in [0.2, 0.25) is 0 Å². The van der Waals surface area contributed by atoms with E-state index >= 15 is 0 Å². The highest BCUT2D eigenvalue weighted by Crippen LogP contribution is 2.18. The van der Waals surface area contributed by atoms with Gasteiger partial charge in [-0.15, -0.1) is 11.3 Å². The van der Waals surface area contributed by atoms with Gasteiger partial charge in [-0.1, -0.05) is 6.92 Å². The first kappa shape index (κ1) is 13.1. The zero-order valence-corrected chi connectivity index (χ0v) is 10.9. The summed E-state index contributed by atoms with van der Waals surface area (Å²) in [4.78, 5) is 16.9. The monoisotopic (exact) mass is 241 g/mol. The molecule has 0 aliphatic heterocycles. The standard InChI is InChI=1S/C11H19N3OS/c1-4-5-9-14-8(2)10(16-9)11(15)13-7-6-12-3/h12H,4-7H2,1-3H3,(H,13,15). The van der Waals surface area contributed by atoms with Crippen LogP contribution in [0.4, 0.5) is 0 Å². The number of carbonyl (C=O) groups is 1. The van der Waals surface area contributed by atoms with Crippen LogP contribution in [0.1, 0.15) is 33.7 Å². The predicted octanol–water partition coefficient (Wildman–Crippen LogP) is 1.35. The third-order valence-corrected chi connectivity index (χ3v) is 3.39. The third kappa shape index (κ3) is 3.57. The summed E-state index contributed by atoms with van der Waals surface area (Å²) in [5, 5.41) is 6.91. The summed E-state index contributed by atoms with van der Waals surface area (Å²) in [6, 6.07) is 0. The maximum Gasteiger partial charge on any atom is 0.263 e. The van der Waals surface area contributed by atoms with Crippen molar-refractivity contribution in [3.63, 3.8) is 0 Å². The third-order valence-electron chi connectivity index (χ3n) is 2.17. The van der Waals surface area contributed by atoms with Gasteiger partial charge in [-0.05, 0) is 26.8 Å². The first-order valence-electron chi connectivity index (χ1n) is 5.58. The van der Waals surface area contributed by atoms with Gasteiger partial charge >= 0.3 is 0 Å². The number of aromatic nitrogens is 1. The molecule has 1 rings (SSSR count). The Hall–Kier alpha value is -0.940. The molecule has 4 nitrogen and oxygen atoms in total. The summed E-state index contributed by atoms with van der Waals surface area (Å²) in [5.41, 5.74) is 0.843. The maximum absolute atomic E-state index is 11.8. The summed E-state index contributed by atoms with van der Waals surface area (Å²) < 4.78 is 0. The maximum atomic E-state index is 11.8. The summed E-state index contributed by atoms with van der Waals surface area (Å²) in [7, 11) is 1.86. The van der Waals surface area contributed by atoms with E-state index < -0.39 is 0 Å². The van der Waals surface area contributed by atoms with Crippen LogP contribution in [-0.4, -0.2) is 31.0 Å². The van der Waals surface area contributed by atoms with Gasteiger partial charge in [-0.25, -0.2) is 4.98 Å². The van der Waals surface area contributed by atoms with Gasteiger partial charge in [0.1, 0.15) is 4.88 Å². The van der Waals surface area contributed by atoms with Crippen molar-refractivity contribution in [2.45, 2.75) is 26.7 Å². The molecule has 0 spiro atoms. The normalized spacial score (nSPS) is 10.4. The molecule has 0 aromatic carbocycles. The lowest BCUT2D eigenvalue weighted by Crippen LogP contribution is -2.30. The second-order valence-electron chi connectivity index (χ2n) is 3.63. The van der Waals surface area contributed by atoms with Gasteiger partial charge in [0.15, 0.2) is 0 Å². The van der Waals surface area contributed by atoms with E-state index in [1.54, 1.807) is 0 Å². The van der Waals surface area contributed by atoms with Crippen molar-refractivity contribution in [2.24, 2.45) is 0 Å². The van der Waals surface area contributed by atoms with Crippen molar-refractivity contribution < 1.29 is 4.79 Å². The van der Waals surface area contributed by atoms with Crippen LogP contribution in [0.2, 0.25) is 0 Å². The summed E-state index contributed by atoms with van der Waals surface area (Å²) in [6.45, 7) is 5.44. The number of nitrogens with one attached hydrogen (secondary N) is 2. The Kier molecular flexibility index (Phi) is 5.42. The molecule has 0 unspecified atom stereocenters.